The molecular weight excluding hydrogens is 412 g/mol. The van der Waals surface area contributed by atoms with Gasteiger partial charge in [-0.05, 0) is 44.0 Å². The molecule has 3 aromatic rings. The van der Waals surface area contributed by atoms with E-state index in [1.165, 1.54) is 5.56 Å². The van der Waals surface area contributed by atoms with E-state index in [1.807, 2.05) is 96.1 Å². The van der Waals surface area contributed by atoms with Crippen LogP contribution in [0.2, 0.25) is 0 Å². The second kappa shape index (κ2) is 8.08. The van der Waals surface area contributed by atoms with Crippen molar-refractivity contribution >= 4 is 40.8 Å². The van der Waals surface area contributed by atoms with Crippen molar-refractivity contribution in [1.29, 1.82) is 0 Å². The molecule has 1 N–H and O–H groups in total. The third kappa shape index (κ3) is 3.42. The molecule has 2 aromatic carbocycles. The van der Waals surface area contributed by atoms with Crippen molar-refractivity contribution < 1.29 is 9.21 Å². The molecule has 1 fully saturated rings. The maximum atomic E-state index is 13.4. The number of amides is 1. The topological polar surface area (TPSA) is 45.5 Å². The quantitative estimate of drug-likeness (QED) is 0.505. The lowest BCUT2D eigenvalue weighted by Crippen LogP contribution is -2.39. The number of hydrogen-bond donors (Lipinski definition) is 1. The van der Waals surface area contributed by atoms with Crippen LogP contribution in [0.25, 0.3) is 0 Å². The third-order valence-electron chi connectivity index (χ3n) is 5.71. The number of rotatable bonds is 4. The zero-order chi connectivity index (χ0) is 20.6. The van der Waals surface area contributed by atoms with E-state index >= 15 is 0 Å². The molecule has 1 aromatic heterocycles. The van der Waals surface area contributed by atoms with Crippen LogP contribution in [0.1, 0.15) is 40.3 Å². The molecule has 2 aliphatic rings. The van der Waals surface area contributed by atoms with Crippen LogP contribution in [-0.4, -0.2) is 17.4 Å². The second-order valence-corrected chi connectivity index (χ2v) is 10.7. The molecule has 1 saturated heterocycles. The van der Waals surface area contributed by atoms with Crippen molar-refractivity contribution in [1.82, 2.24) is 5.43 Å². The van der Waals surface area contributed by atoms with Gasteiger partial charge in [0.05, 0.1) is 15.5 Å². The number of aryl methyl sites for hydroxylation is 1. The highest BCUT2D eigenvalue weighted by molar-refractivity contribution is 8.20. The van der Waals surface area contributed by atoms with Crippen LogP contribution in [0.3, 0.4) is 0 Å². The molecule has 1 aliphatic heterocycles. The first-order valence-electron chi connectivity index (χ1n) is 10.3. The zero-order valence-corrected chi connectivity index (χ0v) is 18.5. The Morgan fingerprint density at radius 3 is 2.20 bits per heavy atom. The molecule has 0 radical (unpaired) electrons. The molecular formula is C24H24N2O2S2. The molecule has 0 atom stereocenters. The molecule has 1 amide bonds. The van der Waals surface area contributed by atoms with Gasteiger partial charge in [-0.15, -0.1) is 23.5 Å². The van der Waals surface area contributed by atoms with Crippen LogP contribution in [0.4, 0.5) is 11.4 Å². The van der Waals surface area contributed by atoms with Gasteiger partial charge in [-0.2, -0.15) is 0 Å². The fraction of sp³-hybridized carbons (Fsp3) is 0.292. The molecule has 1 spiro atoms. The molecule has 0 unspecified atom stereocenters. The summed E-state index contributed by atoms with van der Waals surface area (Å²) in [5, 5.41) is 1.82. The summed E-state index contributed by atoms with van der Waals surface area (Å²) in [6.45, 7) is 2.04. The number of carbonyl (C=O) groups excluding carboxylic acids is 1. The van der Waals surface area contributed by atoms with Gasteiger partial charge < -0.3 is 4.42 Å². The zero-order valence-electron chi connectivity index (χ0n) is 16.9. The minimum absolute atomic E-state index is 0.0677. The minimum atomic E-state index is -0.210. The monoisotopic (exact) mass is 436 g/mol. The average molecular weight is 437 g/mol. The highest BCUT2D eigenvalue weighted by Gasteiger charge is 2.45. The first-order chi connectivity index (χ1) is 14.7. The number of carbonyl (C=O) groups is 1. The van der Waals surface area contributed by atoms with Crippen molar-refractivity contribution in [3.05, 3.63) is 83.3 Å². The highest BCUT2D eigenvalue weighted by Crippen LogP contribution is 2.59. The Hall–Kier alpha value is -2.31. The lowest BCUT2D eigenvalue weighted by Gasteiger charge is -2.31. The van der Waals surface area contributed by atoms with Gasteiger partial charge in [0, 0.05) is 29.1 Å². The van der Waals surface area contributed by atoms with Gasteiger partial charge in [-0.25, -0.2) is 0 Å². The lowest BCUT2D eigenvalue weighted by atomic mass is 9.94. The van der Waals surface area contributed by atoms with E-state index in [0.717, 1.165) is 53.5 Å². The van der Waals surface area contributed by atoms with Crippen molar-refractivity contribution in [3.63, 3.8) is 0 Å². The van der Waals surface area contributed by atoms with E-state index in [0.29, 0.717) is 5.76 Å². The van der Waals surface area contributed by atoms with Gasteiger partial charge in [-0.3, -0.25) is 15.2 Å². The van der Waals surface area contributed by atoms with Gasteiger partial charge in [-0.1, -0.05) is 36.4 Å². The summed E-state index contributed by atoms with van der Waals surface area (Å²) in [5.41, 5.74) is 7.12. The summed E-state index contributed by atoms with van der Waals surface area (Å²) in [4.78, 5) is 13.4. The van der Waals surface area contributed by atoms with Crippen molar-refractivity contribution in [2.75, 3.05) is 16.5 Å². The second-order valence-electron chi connectivity index (χ2n) is 7.61. The average Bonchev–Trinajstić information content (AvgIpc) is 3.39. The number of thioether (sulfide) groups is 2. The summed E-state index contributed by atoms with van der Waals surface area (Å²) in [5.74, 6) is 3.54. The van der Waals surface area contributed by atoms with Crippen LogP contribution in [-0.2, 0) is 10.5 Å². The van der Waals surface area contributed by atoms with E-state index in [4.69, 9.17) is 4.42 Å². The van der Waals surface area contributed by atoms with Crippen LogP contribution in [0.15, 0.2) is 65.1 Å². The maximum absolute atomic E-state index is 13.4. The van der Waals surface area contributed by atoms with E-state index in [2.05, 4.69) is 5.43 Å². The summed E-state index contributed by atoms with van der Waals surface area (Å²) in [7, 11) is 0. The number of benzene rings is 2. The molecule has 4 nitrogen and oxygen atoms in total. The lowest BCUT2D eigenvalue weighted by molar-refractivity contribution is 0.0923. The number of anilines is 2. The van der Waals surface area contributed by atoms with Crippen LogP contribution in [0.5, 0.6) is 0 Å². The van der Waals surface area contributed by atoms with Gasteiger partial charge in [0.2, 0.25) is 0 Å². The Labute approximate surface area is 185 Å². The summed E-state index contributed by atoms with van der Waals surface area (Å²) >= 11 is 4.03. The Balaban J connectivity index is 1.49. The normalized spacial score (nSPS) is 17.0. The molecule has 1 aliphatic carbocycles. The fourth-order valence-electron chi connectivity index (χ4n) is 4.40. The van der Waals surface area contributed by atoms with Crippen LogP contribution in [0, 0.1) is 6.92 Å². The molecule has 5 rings (SSSR count). The number of nitrogens with one attached hydrogen (secondary N) is 1. The minimum Gasteiger partial charge on any atom is -0.455 e. The van der Waals surface area contributed by atoms with Crippen molar-refractivity contribution in [2.45, 2.75) is 30.3 Å². The molecule has 30 heavy (non-hydrogen) atoms. The molecule has 2 heterocycles. The molecule has 0 saturated carbocycles. The molecule has 6 heteroatoms. The third-order valence-corrected chi connectivity index (χ3v) is 9.24. The highest BCUT2D eigenvalue weighted by atomic mass is 32.2. The Bertz CT molecular complexity index is 1000. The predicted molar refractivity (Wildman–Crippen MR) is 125 cm³/mol. The predicted octanol–water partition coefficient (Wildman–Crippen LogP) is 6.04. The van der Waals surface area contributed by atoms with Crippen molar-refractivity contribution in [2.24, 2.45) is 0 Å². The molecule has 154 valence electrons. The van der Waals surface area contributed by atoms with Gasteiger partial charge in [0.1, 0.15) is 5.76 Å². The maximum Gasteiger partial charge on any atom is 0.306 e. The van der Waals surface area contributed by atoms with Crippen LogP contribution >= 0.6 is 23.5 Å². The largest absolute Gasteiger partial charge is 0.455 e. The number of para-hydroxylation sites is 2. The van der Waals surface area contributed by atoms with Gasteiger partial charge >= 0.3 is 5.91 Å². The number of hydrazine groups is 1. The Kier molecular flexibility index (Phi) is 5.29. The van der Waals surface area contributed by atoms with E-state index in [9.17, 15) is 4.79 Å². The summed E-state index contributed by atoms with van der Waals surface area (Å²) in [6, 6.07) is 19.7. The Morgan fingerprint density at radius 2 is 1.60 bits per heavy atom. The number of furan rings is 1. The van der Waals surface area contributed by atoms with Gasteiger partial charge in [0.25, 0.3) is 0 Å². The summed E-state index contributed by atoms with van der Waals surface area (Å²) in [6.07, 6.45) is 3.17. The van der Waals surface area contributed by atoms with Crippen LogP contribution < -0.4 is 10.4 Å². The van der Waals surface area contributed by atoms with Crippen molar-refractivity contribution in [3.8, 4) is 0 Å². The smallest absolute Gasteiger partial charge is 0.306 e. The number of hydrogen-bond acceptors (Lipinski definition) is 5. The first-order valence-corrected chi connectivity index (χ1v) is 12.3. The number of fused-ring (bicyclic) bond motifs is 2. The van der Waals surface area contributed by atoms with E-state index in [1.54, 1.807) is 0 Å². The van der Waals surface area contributed by atoms with Gasteiger partial charge in [0.15, 0.2) is 5.76 Å². The first kappa shape index (κ1) is 19.6. The number of nitrogens with zero attached hydrogens (tertiary/aromatic N) is 1. The SMILES string of the molecule is Cc1c(C(=O)NN(c2ccccc2)c2ccccc2)oc2c1C1(CCC2)SCCS1. The van der Waals surface area contributed by atoms with E-state index < -0.39 is 0 Å². The summed E-state index contributed by atoms with van der Waals surface area (Å²) < 4.78 is 6.26. The molecule has 0 bridgehead atoms. The van der Waals surface area contributed by atoms with E-state index in [-0.39, 0.29) is 9.99 Å². The Morgan fingerprint density at radius 1 is 1.00 bits per heavy atom. The fourth-order valence-corrected chi connectivity index (χ4v) is 7.96. The standard InChI is InChI=1S/C24H24N2O2S2/c1-17-21-20(13-8-14-24(21)29-15-16-30-24)28-22(17)23(27)25-26(18-9-4-2-5-10-18)19-11-6-3-7-12-19/h2-7,9-12H,8,13-16H2,1H3,(H,25,27).